The minimum Gasteiger partial charge on any atom is -0.481 e. The molecule has 0 saturated carbocycles. The third-order valence-corrected chi connectivity index (χ3v) is 8.69. The molecule has 0 aliphatic carbocycles. The lowest BCUT2D eigenvalue weighted by Crippen LogP contribution is -2.59. The Balaban J connectivity index is 1.66. The second kappa shape index (κ2) is 5.78. The smallest absolute Gasteiger partial charge is 0.323 e. The van der Waals surface area contributed by atoms with Crippen LogP contribution in [0.2, 0.25) is 0 Å². The number of rotatable bonds is 4. The van der Waals surface area contributed by atoms with Gasteiger partial charge in [0.25, 0.3) is 0 Å². The molecule has 4 bridgehead atoms. The highest BCUT2D eigenvalue weighted by Crippen LogP contribution is 2.62. The van der Waals surface area contributed by atoms with Crippen LogP contribution in [0.25, 0.3) is 0 Å². The van der Waals surface area contributed by atoms with Crippen LogP contribution in [-0.2, 0) is 33.4 Å². The first-order chi connectivity index (χ1) is 13.4. The summed E-state index contributed by atoms with van der Waals surface area (Å²) < 4.78 is 16.7. The highest BCUT2D eigenvalue weighted by Gasteiger charge is 2.75. The van der Waals surface area contributed by atoms with Gasteiger partial charge in [-0.25, -0.2) is 0 Å². The monoisotopic (exact) mass is 410 g/mol. The van der Waals surface area contributed by atoms with Gasteiger partial charge in [0.15, 0.2) is 0 Å². The van der Waals surface area contributed by atoms with E-state index in [2.05, 4.69) is 0 Å². The van der Waals surface area contributed by atoms with Crippen LogP contribution in [0.4, 0.5) is 0 Å². The minimum atomic E-state index is -1.56. The molecule has 8 unspecified atom stereocenters. The first-order valence-corrected chi connectivity index (χ1v) is 9.90. The van der Waals surface area contributed by atoms with Gasteiger partial charge in [-0.1, -0.05) is 0 Å². The molecule has 9 nitrogen and oxygen atoms in total. The van der Waals surface area contributed by atoms with E-state index in [1.165, 1.54) is 27.7 Å². The molecule has 0 aromatic carbocycles. The number of hydrogen-bond acceptors (Lipinski definition) is 7. The van der Waals surface area contributed by atoms with E-state index in [1.807, 2.05) is 0 Å². The van der Waals surface area contributed by atoms with Crippen molar-refractivity contribution >= 4 is 23.9 Å². The largest absolute Gasteiger partial charge is 0.481 e. The lowest BCUT2D eigenvalue weighted by atomic mass is 9.57. The van der Waals surface area contributed by atoms with Gasteiger partial charge in [0.1, 0.15) is 21.7 Å². The molecule has 0 aromatic rings. The van der Waals surface area contributed by atoms with E-state index in [4.69, 9.17) is 14.2 Å². The van der Waals surface area contributed by atoms with Crippen molar-refractivity contribution in [2.75, 3.05) is 0 Å². The van der Waals surface area contributed by atoms with Gasteiger partial charge in [-0.15, -0.1) is 0 Å². The Bertz CT molecular complexity index is 757. The van der Waals surface area contributed by atoms with Crippen molar-refractivity contribution < 1.29 is 43.6 Å². The van der Waals surface area contributed by atoms with Crippen molar-refractivity contribution in [3.63, 3.8) is 0 Å². The molecular formula is C20H26O9. The number of fused-ring (bicyclic) bond motifs is 4. The molecule has 160 valence electrons. The Morgan fingerprint density at radius 1 is 0.655 bits per heavy atom. The van der Waals surface area contributed by atoms with Crippen molar-refractivity contribution in [1.82, 2.24) is 0 Å². The quantitative estimate of drug-likeness (QED) is 0.520. The number of ether oxygens (including phenoxy) is 3. The average molecular weight is 410 g/mol. The van der Waals surface area contributed by atoms with E-state index in [9.17, 15) is 29.4 Å². The number of carbonyl (C=O) groups is 4. The summed E-state index contributed by atoms with van der Waals surface area (Å²) >= 11 is 0. The van der Waals surface area contributed by atoms with E-state index in [0.29, 0.717) is 25.7 Å². The number of carboxylic acid groups (broad SMARTS) is 2. The van der Waals surface area contributed by atoms with E-state index < -0.39 is 70.0 Å². The SMILES string of the molecule is CC1(C(=O)O)C2CCC(O2)C1(C)C(=O)OC(=O)C1(C)C2CCC(O2)C1(C)C(=O)O. The van der Waals surface area contributed by atoms with Crippen molar-refractivity contribution in [2.45, 2.75) is 77.8 Å². The van der Waals surface area contributed by atoms with Crippen molar-refractivity contribution in [2.24, 2.45) is 21.7 Å². The van der Waals surface area contributed by atoms with Crippen LogP contribution >= 0.6 is 0 Å². The lowest BCUT2D eigenvalue weighted by Gasteiger charge is -2.44. The van der Waals surface area contributed by atoms with Crippen LogP contribution < -0.4 is 0 Å². The van der Waals surface area contributed by atoms with Crippen LogP contribution in [0, 0.1) is 21.7 Å². The Hall–Kier alpha value is -2.00. The van der Waals surface area contributed by atoms with Crippen LogP contribution in [-0.4, -0.2) is 58.5 Å². The van der Waals surface area contributed by atoms with Crippen LogP contribution in [0.5, 0.6) is 0 Å². The molecule has 29 heavy (non-hydrogen) atoms. The fraction of sp³-hybridized carbons (Fsp3) is 0.800. The first-order valence-electron chi connectivity index (χ1n) is 9.90. The first kappa shape index (κ1) is 20.3. The molecule has 4 saturated heterocycles. The zero-order chi connectivity index (χ0) is 21.6. The predicted molar refractivity (Wildman–Crippen MR) is 94.6 cm³/mol. The van der Waals surface area contributed by atoms with Crippen LogP contribution in [0.15, 0.2) is 0 Å². The fourth-order valence-electron chi connectivity index (χ4n) is 6.01. The maximum Gasteiger partial charge on any atom is 0.323 e. The summed E-state index contributed by atoms with van der Waals surface area (Å²) in [5.74, 6) is -4.37. The summed E-state index contributed by atoms with van der Waals surface area (Å²) in [6, 6.07) is 0. The van der Waals surface area contributed by atoms with E-state index in [1.54, 1.807) is 0 Å². The number of aliphatic carboxylic acids is 2. The fourth-order valence-corrected chi connectivity index (χ4v) is 6.01. The van der Waals surface area contributed by atoms with Gasteiger partial charge >= 0.3 is 23.9 Å². The normalized spacial score (nSPS) is 49.9. The summed E-state index contributed by atoms with van der Waals surface area (Å²) in [5.41, 5.74) is -6.22. The molecule has 2 N–H and O–H groups in total. The summed E-state index contributed by atoms with van der Waals surface area (Å²) in [5, 5.41) is 19.7. The third-order valence-electron chi connectivity index (χ3n) is 8.69. The second-order valence-electron chi connectivity index (χ2n) is 9.48. The highest BCUT2D eigenvalue weighted by atomic mass is 16.6. The van der Waals surface area contributed by atoms with Crippen LogP contribution in [0.1, 0.15) is 53.4 Å². The molecule has 4 heterocycles. The number of carboxylic acids is 2. The molecule has 0 amide bonds. The van der Waals surface area contributed by atoms with Crippen molar-refractivity contribution in [3.8, 4) is 0 Å². The molecular weight excluding hydrogens is 384 g/mol. The highest BCUT2D eigenvalue weighted by molar-refractivity contribution is 5.98. The zero-order valence-electron chi connectivity index (χ0n) is 16.9. The van der Waals surface area contributed by atoms with Gasteiger partial charge in [-0.2, -0.15) is 0 Å². The Morgan fingerprint density at radius 3 is 1.21 bits per heavy atom. The molecule has 0 spiro atoms. The molecule has 4 aliphatic rings. The summed E-state index contributed by atoms with van der Waals surface area (Å²) in [6.45, 7) is 5.79. The molecule has 9 heteroatoms. The van der Waals surface area contributed by atoms with Gasteiger partial charge in [0, 0.05) is 0 Å². The molecule has 4 aliphatic heterocycles. The van der Waals surface area contributed by atoms with Crippen molar-refractivity contribution in [3.05, 3.63) is 0 Å². The van der Waals surface area contributed by atoms with Gasteiger partial charge in [0.2, 0.25) is 0 Å². The molecule has 0 radical (unpaired) electrons. The maximum atomic E-state index is 13.2. The van der Waals surface area contributed by atoms with Crippen molar-refractivity contribution in [1.29, 1.82) is 0 Å². The predicted octanol–water partition coefficient (Wildman–Crippen LogP) is 1.37. The summed E-state index contributed by atoms with van der Waals surface area (Å²) in [6.07, 6.45) is -0.650. The second-order valence-corrected chi connectivity index (χ2v) is 9.48. The van der Waals surface area contributed by atoms with E-state index in [0.717, 1.165) is 0 Å². The lowest BCUT2D eigenvalue weighted by molar-refractivity contribution is -0.191. The summed E-state index contributed by atoms with van der Waals surface area (Å²) in [4.78, 5) is 50.5. The minimum absolute atomic E-state index is 0.491. The third kappa shape index (κ3) is 2.02. The number of esters is 2. The van der Waals surface area contributed by atoms with Gasteiger partial charge in [-0.05, 0) is 53.4 Å². The molecule has 0 aromatic heterocycles. The molecule has 4 rings (SSSR count). The summed E-state index contributed by atoms with van der Waals surface area (Å²) in [7, 11) is 0. The van der Waals surface area contributed by atoms with Crippen LogP contribution in [0.3, 0.4) is 0 Å². The number of hydrogen-bond donors (Lipinski definition) is 2. The standard InChI is InChI=1S/C20H26O9/c1-17(13(21)22)9-5-7-11(27-9)19(17,3)15(25)29-16(26)20(4)12-8-6-10(28-12)18(20,2)14(23)24/h9-12H,5-8H2,1-4H3,(H,21,22)(H,23,24). The van der Waals surface area contributed by atoms with E-state index in [-0.39, 0.29) is 0 Å². The zero-order valence-corrected chi connectivity index (χ0v) is 16.9. The van der Waals surface area contributed by atoms with E-state index >= 15 is 0 Å². The number of carbonyl (C=O) groups excluding carboxylic acids is 2. The maximum absolute atomic E-state index is 13.2. The molecule has 4 fully saturated rings. The Kier molecular flexibility index (Phi) is 4.05. The Morgan fingerprint density at radius 2 is 0.931 bits per heavy atom. The average Bonchev–Trinajstić information content (AvgIpc) is 3.40. The topological polar surface area (TPSA) is 136 Å². The van der Waals surface area contributed by atoms with Gasteiger partial charge < -0.3 is 24.4 Å². The Labute approximate surface area is 167 Å². The van der Waals surface area contributed by atoms with Gasteiger partial charge in [-0.3, -0.25) is 19.2 Å². The molecule has 8 atom stereocenters. The van der Waals surface area contributed by atoms with Gasteiger partial charge in [0.05, 0.1) is 24.4 Å².